The molecule has 0 aromatic heterocycles. The van der Waals surface area contributed by atoms with Crippen LogP contribution in [0.2, 0.25) is 0 Å². The Kier molecular flexibility index (Phi) is 7.04. The van der Waals surface area contributed by atoms with Crippen molar-refractivity contribution in [3.8, 4) is 0 Å². The smallest absolute Gasteiger partial charge is 0.417 e. The summed E-state index contributed by atoms with van der Waals surface area (Å²) in [6.45, 7) is 7.98. The molecule has 0 saturated carbocycles. The molecule has 2 heterocycles. The van der Waals surface area contributed by atoms with E-state index in [4.69, 9.17) is 9.84 Å². The third-order valence-electron chi connectivity index (χ3n) is 4.50. The zero-order valence-corrected chi connectivity index (χ0v) is 16.4. The van der Waals surface area contributed by atoms with E-state index in [1.165, 1.54) is 4.90 Å². The predicted molar refractivity (Wildman–Crippen MR) is 99.4 cm³/mol. The molecular formula is C18H30N4O5. The van der Waals surface area contributed by atoms with Crippen molar-refractivity contribution in [3.05, 3.63) is 0 Å². The number of nitrogens with one attached hydrogen (secondary N) is 1. The van der Waals surface area contributed by atoms with E-state index < -0.39 is 17.7 Å². The molecule has 0 radical (unpaired) electrons. The van der Waals surface area contributed by atoms with Crippen LogP contribution in [0.5, 0.6) is 0 Å². The number of guanidine groups is 1. The average Bonchev–Trinajstić information content (AvgIpc) is 3.06. The molecule has 0 spiro atoms. The van der Waals surface area contributed by atoms with E-state index >= 15 is 0 Å². The molecule has 2 amide bonds. The number of carbonyl (C=O) groups is 3. The maximum Gasteiger partial charge on any atom is 0.417 e. The number of carboxylic acids is 1. The summed E-state index contributed by atoms with van der Waals surface area (Å²) >= 11 is 0. The van der Waals surface area contributed by atoms with E-state index in [2.05, 4.69) is 10.3 Å². The van der Waals surface area contributed by atoms with Crippen molar-refractivity contribution in [2.75, 3.05) is 32.7 Å². The molecule has 27 heavy (non-hydrogen) atoms. The summed E-state index contributed by atoms with van der Waals surface area (Å²) in [5.74, 6) is -0.593. The van der Waals surface area contributed by atoms with Crippen molar-refractivity contribution in [2.24, 2.45) is 10.9 Å². The molecular weight excluding hydrogens is 352 g/mol. The number of amides is 2. The van der Waals surface area contributed by atoms with Gasteiger partial charge in [-0.05, 0) is 40.0 Å². The van der Waals surface area contributed by atoms with Gasteiger partial charge >= 0.3 is 12.1 Å². The molecule has 0 unspecified atom stereocenters. The molecule has 2 aliphatic rings. The zero-order valence-electron chi connectivity index (χ0n) is 16.4. The Morgan fingerprint density at radius 3 is 2.48 bits per heavy atom. The van der Waals surface area contributed by atoms with Gasteiger partial charge in [0.25, 0.3) is 0 Å². The van der Waals surface area contributed by atoms with E-state index in [0.717, 1.165) is 0 Å². The van der Waals surface area contributed by atoms with Crippen LogP contribution < -0.4 is 5.32 Å². The summed E-state index contributed by atoms with van der Waals surface area (Å²) in [4.78, 5) is 42.9. The van der Waals surface area contributed by atoms with Crippen molar-refractivity contribution in [1.29, 1.82) is 0 Å². The summed E-state index contributed by atoms with van der Waals surface area (Å²) in [7, 11) is 0. The number of hydrogen-bond acceptors (Lipinski definition) is 6. The Morgan fingerprint density at radius 2 is 1.89 bits per heavy atom. The first-order valence-corrected chi connectivity index (χ1v) is 9.47. The van der Waals surface area contributed by atoms with E-state index in [9.17, 15) is 14.4 Å². The fraction of sp³-hybridized carbons (Fsp3) is 0.778. The first kappa shape index (κ1) is 21.0. The lowest BCUT2D eigenvalue weighted by molar-refractivity contribution is -0.145. The molecule has 9 heteroatoms. The monoisotopic (exact) mass is 382 g/mol. The van der Waals surface area contributed by atoms with E-state index in [1.807, 2.05) is 20.8 Å². The summed E-state index contributed by atoms with van der Waals surface area (Å²) in [5.41, 5.74) is -0.564. The highest BCUT2D eigenvalue weighted by molar-refractivity contribution is 5.95. The lowest BCUT2D eigenvalue weighted by atomic mass is 9.97. The first-order chi connectivity index (χ1) is 12.7. The van der Waals surface area contributed by atoms with Crippen LogP contribution in [0, 0.1) is 5.92 Å². The second-order valence-corrected chi connectivity index (χ2v) is 7.86. The Bertz CT molecular complexity index is 591. The number of carbonyl (C=O) groups excluding carboxylic acids is 2. The zero-order chi connectivity index (χ0) is 20.0. The third kappa shape index (κ3) is 6.41. The first-order valence-electron chi connectivity index (χ1n) is 9.47. The summed E-state index contributed by atoms with van der Waals surface area (Å²) in [5, 5.41) is 12.1. The molecule has 2 rings (SSSR count). The molecule has 2 N–H and O–H groups in total. The molecule has 9 nitrogen and oxygen atoms in total. The van der Waals surface area contributed by atoms with Crippen molar-refractivity contribution < 1.29 is 24.2 Å². The van der Waals surface area contributed by atoms with Crippen LogP contribution in [0.4, 0.5) is 4.79 Å². The number of hydrogen-bond donors (Lipinski definition) is 2. The molecule has 0 bridgehead atoms. The van der Waals surface area contributed by atoms with Gasteiger partial charge < -0.3 is 20.1 Å². The summed E-state index contributed by atoms with van der Waals surface area (Å²) in [6, 6.07) is 0. The van der Waals surface area contributed by atoms with Gasteiger partial charge in [0.1, 0.15) is 5.60 Å². The minimum absolute atomic E-state index is 0.0398. The number of ether oxygens (including phenoxy) is 1. The lowest BCUT2D eigenvalue weighted by Gasteiger charge is -2.30. The van der Waals surface area contributed by atoms with Gasteiger partial charge in [0.15, 0.2) is 0 Å². The fourth-order valence-electron chi connectivity index (χ4n) is 3.07. The highest BCUT2D eigenvalue weighted by Crippen LogP contribution is 2.18. The topological polar surface area (TPSA) is 112 Å². The molecule has 0 aromatic rings. The molecule has 2 aliphatic heterocycles. The number of aliphatic carboxylic acids is 1. The second kappa shape index (κ2) is 9.05. The quantitative estimate of drug-likeness (QED) is 0.693. The number of likely N-dealkylation sites (tertiary alicyclic amines) is 1. The molecule has 1 saturated heterocycles. The maximum atomic E-state index is 12.2. The highest BCUT2D eigenvalue weighted by Gasteiger charge is 2.29. The fourth-order valence-corrected chi connectivity index (χ4v) is 3.07. The Labute approximate surface area is 159 Å². The third-order valence-corrected chi connectivity index (χ3v) is 4.50. The highest BCUT2D eigenvalue weighted by atomic mass is 16.6. The molecule has 152 valence electrons. The number of carboxylic acid groups (broad SMARTS) is 1. The van der Waals surface area contributed by atoms with E-state index in [-0.39, 0.29) is 11.8 Å². The number of aliphatic imine (C=N–C) groups is 1. The Balaban J connectivity index is 1.68. The Hall–Kier alpha value is -2.32. The molecule has 0 aliphatic carbocycles. The van der Waals surface area contributed by atoms with Crippen molar-refractivity contribution >= 4 is 23.9 Å². The van der Waals surface area contributed by atoms with Crippen LogP contribution in [-0.2, 0) is 14.3 Å². The van der Waals surface area contributed by atoms with Gasteiger partial charge in [-0.25, -0.2) is 9.69 Å². The van der Waals surface area contributed by atoms with E-state index in [0.29, 0.717) is 64.4 Å². The van der Waals surface area contributed by atoms with Gasteiger partial charge in [-0.2, -0.15) is 0 Å². The van der Waals surface area contributed by atoms with Gasteiger partial charge in [0, 0.05) is 26.1 Å². The van der Waals surface area contributed by atoms with Gasteiger partial charge in [-0.3, -0.25) is 14.6 Å². The van der Waals surface area contributed by atoms with Crippen molar-refractivity contribution in [2.45, 2.75) is 52.1 Å². The van der Waals surface area contributed by atoms with Crippen LogP contribution in [0.3, 0.4) is 0 Å². The van der Waals surface area contributed by atoms with Gasteiger partial charge in [-0.15, -0.1) is 0 Å². The number of rotatable bonds is 5. The summed E-state index contributed by atoms with van der Waals surface area (Å²) < 4.78 is 5.36. The lowest BCUT2D eigenvalue weighted by Crippen LogP contribution is -2.45. The molecule has 0 aromatic carbocycles. The summed E-state index contributed by atoms with van der Waals surface area (Å²) in [6.07, 6.45) is 1.59. The minimum Gasteiger partial charge on any atom is -0.481 e. The van der Waals surface area contributed by atoms with Gasteiger partial charge in [0.05, 0.1) is 19.0 Å². The van der Waals surface area contributed by atoms with Crippen LogP contribution in [0.1, 0.15) is 46.5 Å². The Morgan fingerprint density at radius 1 is 1.22 bits per heavy atom. The van der Waals surface area contributed by atoms with Gasteiger partial charge in [0.2, 0.25) is 11.9 Å². The maximum absolute atomic E-state index is 12.2. The predicted octanol–water partition coefficient (Wildman–Crippen LogP) is 1.29. The van der Waals surface area contributed by atoms with Crippen LogP contribution in [0.25, 0.3) is 0 Å². The normalized spacial score (nSPS) is 18.3. The largest absolute Gasteiger partial charge is 0.481 e. The van der Waals surface area contributed by atoms with Crippen LogP contribution in [-0.4, -0.2) is 77.2 Å². The number of piperidine rings is 1. The standard InChI is InChI=1S/C18H30N4O5/c1-18(2,3)27-17(26)22-12-9-20-16(22)19-8-4-5-14(23)21-10-6-13(7-11-21)15(24)25/h13H,4-12H2,1-3H3,(H,19,20)(H,24,25). The SMILES string of the molecule is CC(C)(C)OC(=O)N1CCN=C1NCCCC(=O)N1CCC(C(=O)O)CC1. The van der Waals surface area contributed by atoms with Crippen molar-refractivity contribution in [3.63, 3.8) is 0 Å². The van der Waals surface area contributed by atoms with Crippen LogP contribution >= 0.6 is 0 Å². The van der Waals surface area contributed by atoms with Crippen molar-refractivity contribution in [1.82, 2.24) is 15.1 Å². The molecule has 1 fully saturated rings. The average molecular weight is 382 g/mol. The minimum atomic E-state index is -0.779. The molecule has 0 atom stereocenters. The second-order valence-electron chi connectivity index (χ2n) is 7.86. The van der Waals surface area contributed by atoms with E-state index in [1.54, 1.807) is 4.90 Å². The van der Waals surface area contributed by atoms with Crippen LogP contribution in [0.15, 0.2) is 4.99 Å². The van der Waals surface area contributed by atoms with Gasteiger partial charge in [-0.1, -0.05) is 0 Å². The number of nitrogens with zero attached hydrogens (tertiary/aromatic N) is 3.